The molecule has 6 nitrogen and oxygen atoms in total. The van der Waals surface area contributed by atoms with Gasteiger partial charge in [0.15, 0.2) is 18.2 Å². The van der Waals surface area contributed by atoms with E-state index in [1.807, 2.05) is 43.3 Å². The lowest BCUT2D eigenvalue weighted by Gasteiger charge is -2.49. The Bertz CT molecular complexity index is 1520. The number of anilines is 1. The Morgan fingerprint density at radius 3 is 2.12 bits per heavy atom. The Morgan fingerprint density at radius 1 is 0.953 bits per heavy atom. The first-order valence-corrected chi connectivity index (χ1v) is 16.6. The fourth-order valence-electron chi connectivity index (χ4n) is 6.86. The number of carbonyl (C=O) groups is 3. The number of hydrogen-bond donors (Lipinski definition) is 1. The Balaban J connectivity index is 1.64. The summed E-state index contributed by atoms with van der Waals surface area (Å²) in [6.45, 7) is 13.2. The van der Waals surface area contributed by atoms with Gasteiger partial charge >= 0.3 is 0 Å². The molecule has 43 heavy (non-hydrogen) atoms. The minimum atomic E-state index is -0.575. The molecule has 228 valence electrons. The maximum absolute atomic E-state index is 14.1. The third-order valence-corrected chi connectivity index (χ3v) is 9.51. The maximum Gasteiger partial charge on any atom is 0.262 e. The second-order valence-corrected chi connectivity index (χ2v) is 15.5. The molecule has 0 saturated heterocycles. The molecule has 0 fully saturated rings. The van der Waals surface area contributed by atoms with Crippen molar-refractivity contribution in [3.8, 4) is 5.75 Å². The average Bonchev–Trinajstić information content (AvgIpc) is 2.87. The van der Waals surface area contributed by atoms with E-state index in [-0.39, 0.29) is 34.9 Å². The van der Waals surface area contributed by atoms with Gasteiger partial charge in [0.2, 0.25) is 0 Å². The number of ether oxygens (including phenoxy) is 1. The minimum absolute atomic E-state index is 0.0702. The van der Waals surface area contributed by atoms with Gasteiger partial charge in [-0.15, -0.1) is 0 Å². The zero-order chi connectivity index (χ0) is 31.3. The molecule has 5 rings (SSSR count). The van der Waals surface area contributed by atoms with Gasteiger partial charge in [0, 0.05) is 63.6 Å². The van der Waals surface area contributed by atoms with Crippen LogP contribution in [0.15, 0.2) is 67.9 Å². The average molecular weight is 713 g/mol. The fourth-order valence-corrected chi connectivity index (χ4v) is 8.23. The van der Waals surface area contributed by atoms with E-state index in [2.05, 4.69) is 76.7 Å². The molecular formula is C35H40Br2N2O4. The number of rotatable bonds is 7. The number of hydrogen-bond acceptors (Lipinski definition) is 5. The van der Waals surface area contributed by atoms with E-state index in [1.165, 1.54) is 0 Å². The second kappa shape index (κ2) is 12.0. The Morgan fingerprint density at radius 2 is 1.56 bits per heavy atom. The number of nitrogens with zero attached hydrogens (tertiary/aromatic N) is 1. The molecule has 1 N–H and O–H groups in total. The van der Waals surface area contributed by atoms with E-state index < -0.39 is 5.92 Å². The molecular weight excluding hydrogens is 672 g/mol. The maximum atomic E-state index is 14.1. The van der Waals surface area contributed by atoms with Crippen molar-refractivity contribution in [3.63, 3.8) is 0 Å². The van der Waals surface area contributed by atoms with Gasteiger partial charge in [0.25, 0.3) is 5.91 Å². The molecule has 0 saturated carbocycles. The van der Waals surface area contributed by atoms with Crippen LogP contribution in [-0.2, 0) is 14.4 Å². The van der Waals surface area contributed by atoms with Crippen molar-refractivity contribution < 1.29 is 19.1 Å². The molecule has 0 bridgehead atoms. The standard InChI is InChI=1S/C35H40Br2N2O4/c1-7-11-39-25-15-34(3,4)17-27(40)31(25)30(32-26(39)16-35(5,6)18-28(32)41)23-13-21(36)14-24(37)33(23)43-19-29(42)38-22-10-8-9-20(2)12-22/h8-10,12-14,30H,7,11,15-19H2,1-6H3,(H,38,42). The number of halogens is 2. The van der Waals surface area contributed by atoms with Crippen LogP contribution >= 0.6 is 31.9 Å². The minimum Gasteiger partial charge on any atom is -0.482 e. The van der Waals surface area contributed by atoms with Crippen LogP contribution in [0, 0.1) is 17.8 Å². The molecule has 0 aromatic heterocycles. The summed E-state index contributed by atoms with van der Waals surface area (Å²) in [4.78, 5) is 43.5. The molecule has 0 atom stereocenters. The zero-order valence-electron chi connectivity index (χ0n) is 25.8. The number of carbonyl (C=O) groups excluding carboxylic acids is 3. The lowest BCUT2D eigenvalue weighted by atomic mass is 9.63. The largest absolute Gasteiger partial charge is 0.482 e. The number of aryl methyl sites for hydroxylation is 1. The molecule has 0 spiro atoms. The van der Waals surface area contributed by atoms with Gasteiger partial charge in [-0.05, 0) is 82.8 Å². The van der Waals surface area contributed by atoms with Gasteiger partial charge in [-0.25, -0.2) is 0 Å². The number of allylic oxidation sites excluding steroid dienone is 4. The van der Waals surface area contributed by atoms with Crippen LogP contribution in [0.5, 0.6) is 5.75 Å². The van der Waals surface area contributed by atoms with Crippen LogP contribution < -0.4 is 10.1 Å². The first kappa shape index (κ1) is 31.7. The number of Topliss-reactive ketones (excluding diaryl/α,β-unsaturated/α-hetero) is 2. The monoisotopic (exact) mass is 710 g/mol. The van der Waals surface area contributed by atoms with Crippen LogP contribution in [0.1, 0.15) is 83.8 Å². The SMILES string of the molecule is CCCN1C2=C(C(=O)CC(C)(C)C2)C(c2cc(Br)cc(Br)c2OCC(=O)Nc2cccc(C)c2)C2=C1CC(C)(C)CC2=O. The van der Waals surface area contributed by atoms with E-state index in [0.717, 1.165) is 47.2 Å². The first-order chi connectivity index (χ1) is 20.2. The summed E-state index contributed by atoms with van der Waals surface area (Å²) >= 11 is 7.32. The summed E-state index contributed by atoms with van der Waals surface area (Å²) < 4.78 is 7.70. The third kappa shape index (κ3) is 6.56. The molecule has 1 heterocycles. The smallest absolute Gasteiger partial charge is 0.262 e. The summed E-state index contributed by atoms with van der Waals surface area (Å²) in [5, 5.41) is 2.90. The highest BCUT2D eigenvalue weighted by Gasteiger charge is 2.49. The van der Waals surface area contributed by atoms with E-state index in [0.29, 0.717) is 45.5 Å². The predicted molar refractivity (Wildman–Crippen MR) is 177 cm³/mol. The molecule has 0 radical (unpaired) electrons. The normalized spacial score (nSPS) is 19.8. The Kier molecular flexibility index (Phi) is 8.85. The van der Waals surface area contributed by atoms with E-state index >= 15 is 0 Å². The summed E-state index contributed by atoms with van der Waals surface area (Å²) in [5.41, 5.74) is 5.50. The quantitative estimate of drug-likeness (QED) is 0.311. The molecule has 3 aliphatic rings. The van der Waals surface area contributed by atoms with E-state index in [4.69, 9.17) is 4.74 Å². The summed E-state index contributed by atoms with van der Waals surface area (Å²) in [6, 6.07) is 11.4. The Labute approximate surface area is 271 Å². The van der Waals surface area contributed by atoms with Crippen LogP contribution in [0.4, 0.5) is 5.69 Å². The highest BCUT2D eigenvalue weighted by atomic mass is 79.9. The van der Waals surface area contributed by atoms with E-state index in [9.17, 15) is 14.4 Å². The van der Waals surface area contributed by atoms with Gasteiger partial charge in [-0.1, -0.05) is 62.7 Å². The van der Waals surface area contributed by atoms with E-state index in [1.54, 1.807) is 0 Å². The van der Waals surface area contributed by atoms with Gasteiger partial charge in [0.1, 0.15) is 5.75 Å². The molecule has 2 aromatic rings. The second-order valence-electron chi connectivity index (χ2n) is 13.7. The molecule has 8 heteroatoms. The van der Waals surface area contributed by atoms with Crippen LogP contribution in [0.25, 0.3) is 0 Å². The number of nitrogens with one attached hydrogen (secondary N) is 1. The first-order valence-electron chi connectivity index (χ1n) is 15.0. The van der Waals surface area contributed by atoms with Gasteiger partial charge in [-0.3, -0.25) is 14.4 Å². The van der Waals surface area contributed by atoms with Crippen LogP contribution in [0.2, 0.25) is 0 Å². The van der Waals surface area contributed by atoms with Crippen molar-refractivity contribution in [2.45, 2.75) is 79.6 Å². The van der Waals surface area contributed by atoms with Crippen LogP contribution in [0.3, 0.4) is 0 Å². The van der Waals surface area contributed by atoms with Crippen LogP contribution in [-0.4, -0.2) is 35.5 Å². The van der Waals surface area contributed by atoms with Crippen molar-refractivity contribution in [1.82, 2.24) is 4.90 Å². The zero-order valence-corrected chi connectivity index (χ0v) is 29.0. The highest BCUT2D eigenvalue weighted by Crippen LogP contribution is 2.56. The summed E-state index contributed by atoms with van der Waals surface area (Å²) in [5.74, 6) is -0.268. The van der Waals surface area contributed by atoms with Gasteiger partial charge < -0.3 is 15.0 Å². The van der Waals surface area contributed by atoms with Crippen molar-refractivity contribution >= 4 is 55.0 Å². The molecule has 1 aliphatic heterocycles. The highest BCUT2D eigenvalue weighted by molar-refractivity contribution is 9.11. The molecule has 0 unspecified atom stereocenters. The lowest BCUT2D eigenvalue weighted by Crippen LogP contribution is -2.44. The molecule has 2 aromatic carbocycles. The fraction of sp³-hybridized carbons (Fsp3) is 0.457. The topological polar surface area (TPSA) is 75.7 Å². The van der Waals surface area contributed by atoms with Gasteiger partial charge in [0.05, 0.1) is 4.47 Å². The third-order valence-electron chi connectivity index (χ3n) is 8.47. The predicted octanol–water partition coefficient (Wildman–Crippen LogP) is 8.63. The lowest BCUT2D eigenvalue weighted by molar-refractivity contribution is -0.120. The van der Waals surface area contributed by atoms with Gasteiger partial charge in [-0.2, -0.15) is 0 Å². The summed E-state index contributed by atoms with van der Waals surface area (Å²) in [7, 11) is 0. The molecule has 2 aliphatic carbocycles. The van der Waals surface area contributed by atoms with Crippen molar-refractivity contribution in [2.75, 3.05) is 18.5 Å². The van der Waals surface area contributed by atoms with Crippen molar-refractivity contribution in [3.05, 3.63) is 79.0 Å². The van der Waals surface area contributed by atoms with Crippen molar-refractivity contribution in [2.24, 2.45) is 10.8 Å². The Hall–Kier alpha value is -2.71. The summed E-state index contributed by atoms with van der Waals surface area (Å²) in [6.07, 6.45) is 3.22. The van der Waals surface area contributed by atoms with Crippen molar-refractivity contribution in [1.29, 1.82) is 0 Å². The number of benzene rings is 2. The number of amides is 1. The number of ketones is 2. The molecule has 1 amide bonds.